The second-order valence-corrected chi connectivity index (χ2v) is 8.87. The number of nitrogens with zero attached hydrogens (tertiary/aromatic N) is 6. The van der Waals surface area contributed by atoms with Crippen LogP contribution in [0, 0.1) is 0 Å². The molecule has 170 valence electrons. The van der Waals surface area contributed by atoms with E-state index < -0.39 is 11.7 Å². The molecule has 0 aromatic carbocycles. The number of ether oxygens (including phenoxy) is 1. The van der Waals surface area contributed by atoms with Crippen LogP contribution in [-0.2, 0) is 22.9 Å². The predicted octanol–water partition coefficient (Wildman–Crippen LogP) is 3.40. The number of nitrogen functional groups attached to an aromatic ring is 1. The fourth-order valence-electron chi connectivity index (χ4n) is 4.51. The third-order valence-corrected chi connectivity index (χ3v) is 6.15. The molecule has 0 atom stereocenters. The Morgan fingerprint density at radius 1 is 1.09 bits per heavy atom. The highest BCUT2D eigenvalue weighted by Gasteiger charge is 2.37. The van der Waals surface area contributed by atoms with Crippen molar-refractivity contribution in [1.82, 2.24) is 24.5 Å². The number of alkyl halides is 3. The van der Waals surface area contributed by atoms with Crippen LogP contribution in [0.5, 0.6) is 0 Å². The normalized spacial score (nSPS) is 18.7. The number of hydrogen-bond acceptors (Lipinski definition) is 7. The number of imidazole rings is 1. The molecule has 5 heterocycles. The van der Waals surface area contributed by atoms with Crippen LogP contribution in [0.15, 0.2) is 12.3 Å². The average Bonchev–Trinajstić information content (AvgIpc) is 3.13. The third kappa shape index (κ3) is 3.44. The van der Waals surface area contributed by atoms with E-state index in [2.05, 4.69) is 28.8 Å². The molecule has 0 saturated carbocycles. The van der Waals surface area contributed by atoms with Crippen molar-refractivity contribution in [3.63, 3.8) is 0 Å². The van der Waals surface area contributed by atoms with Crippen LogP contribution in [0.2, 0.25) is 0 Å². The maximum absolute atomic E-state index is 13.8. The standard InChI is InChI=1S/C21H24F3N7O/c1-20(2)4-3-5-31-18-15(27-19(20)31)17(30-6-8-32-9-7-30)28-16(29-18)12-11-26-14(25)10-13(12)21(22,23)24/h10-11H,3-9H2,1-2H3,(H2,25,26). The van der Waals surface area contributed by atoms with Gasteiger partial charge in [0.2, 0.25) is 0 Å². The van der Waals surface area contributed by atoms with E-state index in [4.69, 9.17) is 15.5 Å². The lowest BCUT2D eigenvalue weighted by atomic mass is 9.84. The van der Waals surface area contributed by atoms with Crippen molar-refractivity contribution in [1.29, 1.82) is 0 Å². The van der Waals surface area contributed by atoms with Crippen LogP contribution in [0.3, 0.4) is 0 Å². The van der Waals surface area contributed by atoms with Gasteiger partial charge in [-0.15, -0.1) is 0 Å². The smallest absolute Gasteiger partial charge is 0.384 e. The number of morpholine rings is 1. The van der Waals surface area contributed by atoms with Crippen molar-refractivity contribution in [3.05, 3.63) is 23.7 Å². The molecule has 0 unspecified atom stereocenters. The molecule has 8 nitrogen and oxygen atoms in total. The van der Waals surface area contributed by atoms with E-state index in [-0.39, 0.29) is 22.6 Å². The second-order valence-electron chi connectivity index (χ2n) is 8.87. The Kier molecular flexibility index (Phi) is 4.77. The Balaban J connectivity index is 1.79. The number of hydrogen-bond donors (Lipinski definition) is 1. The number of aromatic nitrogens is 5. The maximum Gasteiger partial charge on any atom is 0.417 e. The first-order chi connectivity index (χ1) is 15.1. The fraction of sp³-hybridized carbons (Fsp3) is 0.524. The lowest BCUT2D eigenvalue weighted by molar-refractivity contribution is -0.137. The second kappa shape index (κ2) is 7.29. The summed E-state index contributed by atoms with van der Waals surface area (Å²) in [7, 11) is 0. The Labute approximate surface area is 182 Å². The summed E-state index contributed by atoms with van der Waals surface area (Å²) >= 11 is 0. The summed E-state index contributed by atoms with van der Waals surface area (Å²) in [4.78, 5) is 20.0. The maximum atomic E-state index is 13.8. The Hall–Kier alpha value is -2.95. The molecule has 2 aliphatic rings. The van der Waals surface area contributed by atoms with Crippen LogP contribution in [0.1, 0.15) is 38.1 Å². The van der Waals surface area contributed by atoms with Gasteiger partial charge in [0.05, 0.1) is 24.3 Å². The van der Waals surface area contributed by atoms with Crippen molar-refractivity contribution in [2.75, 3.05) is 36.9 Å². The van der Waals surface area contributed by atoms with E-state index in [0.717, 1.165) is 30.9 Å². The summed E-state index contributed by atoms with van der Waals surface area (Å²) in [6.45, 7) is 7.12. The largest absolute Gasteiger partial charge is 0.417 e. The summed E-state index contributed by atoms with van der Waals surface area (Å²) in [5, 5.41) is 0. The molecule has 3 aromatic rings. The van der Waals surface area contributed by atoms with Gasteiger partial charge in [-0.05, 0) is 18.9 Å². The molecular weight excluding hydrogens is 423 g/mol. The number of rotatable bonds is 2. The van der Waals surface area contributed by atoms with Gasteiger partial charge in [-0.2, -0.15) is 13.2 Å². The molecule has 1 fully saturated rings. The van der Waals surface area contributed by atoms with E-state index in [1.54, 1.807) is 0 Å². The summed E-state index contributed by atoms with van der Waals surface area (Å²) in [5.41, 5.74) is 5.44. The Bertz CT molecular complexity index is 1180. The van der Waals surface area contributed by atoms with Crippen molar-refractivity contribution >= 4 is 22.8 Å². The van der Waals surface area contributed by atoms with Gasteiger partial charge < -0.3 is 19.9 Å². The minimum absolute atomic E-state index is 0.0371. The van der Waals surface area contributed by atoms with E-state index in [0.29, 0.717) is 49.8 Å². The van der Waals surface area contributed by atoms with Gasteiger partial charge >= 0.3 is 6.18 Å². The Morgan fingerprint density at radius 2 is 1.84 bits per heavy atom. The summed E-state index contributed by atoms with van der Waals surface area (Å²) in [6, 6.07) is 0.826. The number of nitrogens with two attached hydrogens (primary N) is 1. The molecule has 0 radical (unpaired) electrons. The van der Waals surface area contributed by atoms with Crippen LogP contribution in [-0.4, -0.2) is 50.8 Å². The molecule has 0 aliphatic carbocycles. The zero-order valence-electron chi connectivity index (χ0n) is 17.9. The quantitative estimate of drug-likeness (QED) is 0.643. The first kappa shape index (κ1) is 20.9. The summed E-state index contributed by atoms with van der Waals surface area (Å²) in [6.07, 6.45) is -1.61. The molecule has 5 rings (SSSR count). The topological polar surface area (TPSA) is 95.0 Å². The number of anilines is 2. The molecule has 3 aromatic heterocycles. The Morgan fingerprint density at radius 3 is 2.56 bits per heavy atom. The first-order valence-electron chi connectivity index (χ1n) is 10.6. The molecule has 1 saturated heterocycles. The minimum atomic E-state index is -4.62. The van der Waals surface area contributed by atoms with Crippen LogP contribution in [0.25, 0.3) is 22.6 Å². The van der Waals surface area contributed by atoms with Crippen LogP contribution >= 0.6 is 0 Å². The molecule has 2 aliphatic heterocycles. The van der Waals surface area contributed by atoms with E-state index in [1.165, 1.54) is 0 Å². The summed E-state index contributed by atoms with van der Waals surface area (Å²) in [5.74, 6) is 1.16. The average molecular weight is 447 g/mol. The van der Waals surface area contributed by atoms with Crippen molar-refractivity contribution in [2.45, 2.75) is 44.8 Å². The fourth-order valence-corrected chi connectivity index (χ4v) is 4.51. The van der Waals surface area contributed by atoms with Crippen molar-refractivity contribution in [2.24, 2.45) is 0 Å². The molecule has 0 bridgehead atoms. The van der Waals surface area contributed by atoms with Gasteiger partial charge in [-0.25, -0.2) is 19.9 Å². The predicted molar refractivity (Wildman–Crippen MR) is 113 cm³/mol. The van der Waals surface area contributed by atoms with Crippen LogP contribution in [0.4, 0.5) is 24.8 Å². The van der Waals surface area contributed by atoms with E-state index >= 15 is 0 Å². The number of pyridine rings is 1. The zero-order valence-corrected chi connectivity index (χ0v) is 17.9. The molecule has 0 spiro atoms. The molecule has 2 N–H and O–H groups in total. The number of halogens is 3. The highest BCUT2D eigenvalue weighted by molar-refractivity contribution is 5.87. The van der Waals surface area contributed by atoms with Gasteiger partial charge in [0.1, 0.15) is 11.6 Å². The van der Waals surface area contributed by atoms with Gasteiger partial charge in [-0.3, -0.25) is 0 Å². The third-order valence-electron chi connectivity index (χ3n) is 6.15. The SMILES string of the molecule is CC1(C)CCCn2c1nc1c(N3CCOCC3)nc(-c3cnc(N)cc3C(F)(F)F)nc12. The highest BCUT2D eigenvalue weighted by Crippen LogP contribution is 2.40. The molecule has 11 heteroatoms. The molecule has 32 heavy (non-hydrogen) atoms. The van der Waals surface area contributed by atoms with E-state index in [9.17, 15) is 13.2 Å². The van der Waals surface area contributed by atoms with Gasteiger partial charge in [0, 0.05) is 31.2 Å². The van der Waals surface area contributed by atoms with Gasteiger partial charge in [0.15, 0.2) is 22.8 Å². The first-order valence-corrected chi connectivity index (χ1v) is 10.6. The number of fused-ring (bicyclic) bond motifs is 3. The summed E-state index contributed by atoms with van der Waals surface area (Å²) < 4.78 is 48.9. The van der Waals surface area contributed by atoms with Crippen molar-refractivity contribution < 1.29 is 17.9 Å². The molecular formula is C21H24F3N7O. The van der Waals surface area contributed by atoms with Crippen molar-refractivity contribution in [3.8, 4) is 11.4 Å². The number of aryl methyl sites for hydroxylation is 1. The lowest BCUT2D eigenvalue weighted by Crippen LogP contribution is -2.37. The zero-order chi connectivity index (χ0) is 22.7. The lowest BCUT2D eigenvalue weighted by Gasteiger charge is -2.29. The molecule has 0 amide bonds. The van der Waals surface area contributed by atoms with Gasteiger partial charge in [0.25, 0.3) is 0 Å². The van der Waals surface area contributed by atoms with Crippen LogP contribution < -0.4 is 10.6 Å². The minimum Gasteiger partial charge on any atom is -0.384 e. The monoisotopic (exact) mass is 447 g/mol. The highest BCUT2D eigenvalue weighted by atomic mass is 19.4. The van der Waals surface area contributed by atoms with E-state index in [1.807, 2.05) is 9.47 Å². The van der Waals surface area contributed by atoms with Gasteiger partial charge in [-0.1, -0.05) is 13.8 Å².